The minimum absolute atomic E-state index is 0.473. The van der Waals surface area contributed by atoms with Crippen LogP contribution in [-0.2, 0) is 6.42 Å². The van der Waals surface area contributed by atoms with E-state index in [0.29, 0.717) is 17.5 Å². The Morgan fingerprint density at radius 3 is 2.58 bits per heavy atom. The Bertz CT molecular complexity index is 427. The van der Waals surface area contributed by atoms with Crippen LogP contribution in [0.5, 0.6) is 0 Å². The molecule has 106 valence electrons. The van der Waals surface area contributed by atoms with Gasteiger partial charge in [-0.15, -0.1) is 0 Å². The van der Waals surface area contributed by atoms with Gasteiger partial charge in [0.25, 0.3) is 0 Å². The molecule has 2 heteroatoms. The van der Waals surface area contributed by atoms with Gasteiger partial charge in [-0.2, -0.15) is 0 Å². The molecule has 3 atom stereocenters. The second kappa shape index (κ2) is 5.85. The summed E-state index contributed by atoms with van der Waals surface area (Å²) in [4.78, 5) is 0. The maximum atomic E-state index is 6.23. The molecule has 1 nitrogen and oxygen atoms in total. The van der Waals surface area contributed by atoms with Crippen molar-refractivity contribution in [1.82, 2.24) is 5.32 Å². The van der Waals surface area contributed by atoms with E-state index in [-0.39, 0.29) is 0 Å². The van der Waals surface area contributed by atoms with Crippen molar-refractivity contribution in [2.45, 2.75) is 59.0 Å². The smallest absolute Gasteiger partial charge is 0.0438 e. The Morgan fingerprint density at radius 2 is 2.00 bits per heavy atom. The fraction of sp³-hybridized carbons (Fsp3) is 0.647. The molecular weight excluding hydrogens is 254 g/mol. The van der Waals surface area contributed by atoms with E-state index in [1.807, 2.05) is 12.1 Å². The number of rotatable bonds is 4. The standard InChI is InChI=1S/C17H26ClN/c1-12-10-17(3,4)11-16(12)19-13(2)9-14-7-5-6-8-15(14)18/h5-8,12-13,16,19H,9-11H2,1-4H3. The first kappa shape index (κ1) is 14.9. The van der Waals surface area contributed by atoms with Crippen molar-refractivity contribution in [2.24, 2.45) is 11.3 Å². The molecule has 0 bridgehead atoms. The summed E-state index contributed by atoms with van der Waals surface area (Å²) in [6, 6.07) is 9.28. The van der Waals surface area contributed by atoms with Crippen molar-refractivity contribution in [3.8, 4) is 0 Å². The van der Waals surface area contributed by atoms with Gasteiger partial charge in [0.05, 0.1) is 0 Å². The van der Waals surface area contributed by atoms with Gasteiger partial charge in [0, 0.05) is 17.1 Å². The van der Waals surface area contributed by atoms with E-state index in [4.69, 9.17) is 11.6 Å². The lowest BCUT2D eigenvalue weighted by molar-refractivity contribution is 0.354. The Kier molecular flexibility index (Phi) is 4.58. The Morgan fingerprint density at radius 1 is 1.32 bits per heavy atom. The Labute approximate surface area is 122 Å². The first-order chi connectivity index (χ1) is 8.87. The van der Waals surface area contributed by atoms with Gasteiger partial charge in [-0.25, -0.2) is 0 Å². The third-order valence-electron chi connectivity index (χ3n) is 4.32. The molecule has 1 saturated carbocycles. The highest BCUT2D eigenvalue weighted by Crippen LogP contribution is 2.41. The molecule has 0 saturated heterocycles. The zero-order valence-electron chi connectivity index (χ0n) is 12.5. The van der Waals surface area contributed by atoms with Crippen molar-refractivity contribution in [3.63, 3.8) is 0 Å². The fourth-order valence-electron chi connectivity index (χ4n) is 3.54. The molecule has 0 radical (unpaired) electrons. The quantitative estimate of drug-likeness (QED) is 0.843. The van der Waals surface area contributed by atoms with Gasteiger partial charge in [-0.05, 0) is 49.1 Å². The highest BCUT2D eigenvalue weighted by molar-refractivity contribution is 6.31. The van der Waals surface area contributed by atoms with E-state index in [2.05, 4.69) is 45.1 Å². The normalized spacial score (nSPS) is 27.4. The van der Waals surface area contributed by atoms with Crippen LogP contribution >= 0.6 is 11.6 Å². The van der Waals surface area contributed by atoms with Gasteiger partial charge < -0.3 is 5.32 Å². The van der Waals surface area contributed by atoms with Crippen molar-refractivity contribution >= 4 is 11.6 Å². The SMILES string of the molecule is CC(Cc1ccccc1Cl)NC1CC(C)(C)CC1C. The molecule has 1 fully saturated rings. The molecule has 19 heavy (non-hydrogen) atoms. The van der Waals surface area contributed by atoms with E-state index in [9.17, 15) is 0 Å². The highest BCUT2D eigenvalue weighted by Gasteiger charge is 2.36. The largest absolute Gasteiger partial charge is 0.311 e. The van der Waals surface area contributed by atoms with Crippen LogP contribution in [0.15, 0.2) is 24.3 Å². The molecule has 3 unspecified atom stereocenters. The van der Waals surface area contributed by atoms with Gasteiger partial charge in [-0.1, -0.05) is 50.6 Å². The molecule has 0 aromatic heterocycles. The molecule has 2 rings (SSSR count). The molecule has 0 amide bonds. The van der Waals surface area contributed by atoms with E-state index >= 15 is 0 Å². The van der Waals surface area contributed by atoms with Crippen LogP contribution in [0.25, 0.3) is 0 Å². The molecule has 0 aliphatic heterocycles. The van der Waals surface area contributed by atoms with Crippen LogP contribution < -0.4 is 5.32 Å². The number of halogens is 1. The number of nitrogens with one attached hydrogen (secondary N) is 1. The molecule has 1 aliphatic carbocycles. The third kappa shape index (κ3) is 3.97. The number of hydrogen-bond donors (Lipinski definition) is 1. The van der Waals surface area contributed by atoms with E-state index < -0.39 is 0 Å². The summed E-state index contributed by atoms with van der Waals surface area (Å²) in [6.45, 7) is 9.39. The molecule has 1 aromatic rings. The summed E-state index contributed by atoms with van der Waals surface area (Å²) in [5.41, 5.74) is 1.73. The summed E-state index contributed by atoms with van der Waals surface area (Å²) >= 11 is 6.23. The summed E-state index contributed by atoms with van der Waals surface area (Å²) in [5, 5.41) is 4.69. The lowest BCUT2D eigenvalue weighted by Gasteiger charge is -2.24. The lowest BCUT2D eigenvalue weighted by Crippen LogP contribution is -2.39. The fourth-order valence-corrected chi connectivity index (χ4v) is 3.75. The van der Waals surface area contributed by atoms with Gasteiger partial charge in [0.15, 0.2) is 0 Å². The summed E-state index contributed by atoms with van der Waals surface area (Å²) in [7, 11) is 0. The number of hydrogen-bond acceptors (Lipinski definition) is 1. The van der Waals surface area contributed by atoms with Crippen LogP contribution in [-0.4, -0.2) is 12.1 Å². The number of benzene rings is 1. The van der Waals surface area contributed by atoms with Crippen molar-refractivity contribution in [3.05, 3.63) is 34.9 Å². The van der Waals surface area contributed by atoms with Gasteiger partial charge in [0.1, 0.15) is 0 Å². The van der Waals surface area contributed by atoms with Crippen LogP contribution in [0.4, 0.5) is 0 Å². The van der Waals surface area contributed by atoms with Crippen molar-refractivity contribution in [2.75, 3.05) is 0 Å². The van der Waals surface area contributed by atoms with E-state index in [1.54, 1.807) is 0 Å². The summed E-state index contributed by atoms with van der Waals surface area (Å²) in [6.07, 6.45) is 3.60. The van der Waals surface area contributed by atoms with Crippen molar-refractivity contribution in [1.29, 1.82) is 0 Å². The minimum Gasteiger partial charge on any atom is -0.311 e. The van der Waals surface area contributed by atoms with Crippen LogP contribution in [0, 0.1) is 11.3 Å². The van der Waals surface area contributed by atoms with Crippen LogP contribution in [0.2, 0.25) is 5.02 Å². The predicted molar refractivity (Wildman–Crippen MR) is 83.7 cm³/mol. The minimum atomic E-state index is 0.473. The second-order valence-electron chi connectivity index (χ2n) is 7.02. The topological polar surface area (TPSA) is 12.0 Å². The predicted octanol–water partition coefficient (Wildman–Crippen LogP) is 4.69. The zero-order chi connectivity index (χ0) is 14.0. The maximum absolute atomic E-state index is 6.23. The van der Waals surface area contributed by atoms with Gasteiger partial charge in [-0.3, -0.25) is 0 Å². The summed E-state index contributed by atoms with van der Waals surface area (Å²) in [5.74, 6) is 0.767. The first-order valence-corrected chi connectivity index (χ1v) is 7.75. The monoisotopic (exact) mass is 279 g/mol. The average molecular weight is 280 g/mol. The average Bonchev–Trinajstić information content (AvgIpc) is 2.55. The van der Waals surface area contributed by atoms with Gasteiger partial charge in [0.2, 0.25) is 0 Å². The van der Waals surface area contributed by atoms with Crippen molar-refractivity contribution < 1.29 is 0 Å². The first-order valence-electron chi connectivity index (χ1n) is 7.37. The summed E-state index contributed by atoms with van der Waals surface area (Å²) < 4.78 is 0. The maximum Gasteiger partial charge on any atom is 0.0438 e. The highest BCUT2D eigenvalue weighted by atomic mass is 35.5. The Hall–Kier alpha value is -0.530. The van der Waals surface area contributed by atoms with Gasteiger partial charge >= 0.3 is 0 Å². The molecule has 1 aliphatic rings. The van der Waals surface area contributed by atoms with E-state index in [0.717, 1.165) is 17.4 Å². The Balaban J connectivity index is 1.92. The van der Waals surface area contributed by atoms with E-state index in [1.165, 1.54) is 18.4 Å². The molecule has 0 heterocycles. The lowest BCUT2D eigenvalue weighted by atomic mass is 9.91. The molecule has 1 aromatic carbocycles. The molecular formula is C17H26ClN. The molecule has 1 N–H and O–H groups in total. The third-order valence-corrected chi connectivity index (χ3v) is 4.69. The molecule has 0 spiro atoms. The second-order valence-corrected chi connectivity index (χ2v) is 7.43. The van der Waals surface area contributed by atoms with Crippen LogP contribution in [0.1, 0.15) is 46.1 Å². The van der Waals surface area contributed by atoms with Crippen LogP contribution in [0.3, 0.4) is 0 Å². The zero-order valence-corrected chi connectivity index (χ0v) is 13.3.